The number of aliphatic hydroxyl groups excluding tert-OH is 4. The summed E-state index contributed by atoms with van der Waals surface area (Å²) in [4.78, 5) is 28.4. The number of carbonyl (C=O) groups is 2. The van der Waals surface area contributed by atoms with Crippen LogP contribution in [-0.4, -0.2) is 83.3 Å². The molecular weight excluding hydrogens is 583 g/mol. The molecule has 4 aliphatic carbocycles. The van der Waals surface area contributed by atoms with Gasteiger partial charge in [-0.1, -0.05) is 25.5 Å². The van der Waals surface area contributed by atoms with Crippen molar-refractivity contribution in [3.8, 4) is 5.75 Å². The van der Waals surface area contributed by atoms with Crippen LogP contribution in [0.4, 0.5) is 4.39 Å². The van der Waals surface area contributed by atoms with Gasteiger partial charge >= 0.3 is 0 Å². The molecular formula is C34H49FN2O8. The van der Waals surface area contributed by atoms with E-state index in [1.165, 1.54) is 18.2 Å². The lowest BCUT2D eigenvalue weighted by atomic mass is 9.44. The van der Waals surface area contributed by atoms with Gasteiger partial charge in [-0.15, -0.1) is 0 Å². The van der Waals surface area contributed by atoms with Gasteiger partial charge in [0.25, 0.3) is 0 Å². The van der Waals surface area contributed by atoms with Gasteiger partial charge < -0.3 is 36.0 Å². The van der Waals surface area contributed by atoms with Gasteiger partial charge in [-0.25, -0.2) is 9.37 Å². The largest absolute Gasteiger partial charge is 0.506 e. The number of carbonyl (C=O) groups excluding carboxylic acids is 2. The summed E-state index contributed by atoms with van der Waals surface area (Å²) < 4.78 is 16.9. The van der Waals surface area contributed by atoms with Crippen molar-refractivity contribution in [2.24, 2.45) is 28.6 Å². The Kier molecular flexibility index (Phi) is 9.61. The number of hydrogen-bond donors (Lipinski definition) is 7. The van der Waals surface area contributed by atoms with Gasteiger partial charge in [-0.2, -0.15) is 0 Å². The molecule has 5 rings (SSSR count). The highest BCUT2D eigenvalue weighted by Gasteiger charge is 2.75. The Hall–Kier alpha value is -2.54. The molecule has 1 aromatic rings. The first-order valence-electron chi connectivity index (χ1n) is 15.7. The lowest BCUT2D eigenvalue weighted by Gasteiger charge is -2.62. The number of nitrogens with one attached hydrogen (secondary N) is 1. The van der Waals surface area contributed by atoms with Gasteiger partial charge in [-0.3, -0.25) is 9.59 Å². The number of Topliss-reactive ketones (excluding diaryl/α,β-unsaturated/α-hetero) is 1. The molecule has 3 saturated carbocycles. The molecule has 1 aromatic heterocycles. The number of ketones is 2. The van der Waals surface area contributed by atoms with E-state index in [0.29, 0.717) is 37.1 Å². The zero-order valence-electron chi connectivity index (χ0n) is 27.0. The van der Waals surface area contributed by atoms with Crippen LogP contribution < -0.4 is 5.32 Å². The van der Waals surface area contributed by atoms with Gasteiger partial charge in [0.1, 0.15) is 29.8 Å². The molecule has 4 aliphatic rings. The summed E-state index contributed by atoms with van der Waals surface area (Å²) >= 11 is 0. The molecule has 11 heteroatoms. The second-order valence-corrected chi connectivity index (χ2v) is 14.8. The smallest absolute Gasteiger partial charge is 0.190 e. The van der Waals surface area contributed by atoms with Crippen LogP contribution in [0.3, 0.4) is 0 Å². The minimum atomic E-state index is -1.98. The third kappa shape index (κ3) is 5.70. The van der Waals surface area contributed by atoms with Crippen molar-refractivity contribution in [2.45, 2.75) is 103 Å². The summed E-state index contributed by atoms with van der Waals surface area (Å²) in [6.07, 6.45) is 3.68. The number of pyridine rings is 1. The number of alkyl halides is 1. The van der Waals surface area contributed by atoms with E-state index in [4.69, 9.17) is 5.11 Å². The number of fused-ring (bicyclic) bond motifs is 5. The van der Waals surface area contributed by atoms with Crippen molar-refractivity contribution in [1.29, 1.82) is 0 Å². The van der Waals surface area contributed by atoms with Gasteiger partial charge in [-0.05, 0) is 89.5 Å². The topological polar surface area (TPSA) is 180 Å². The highest BCUT2D eigenvalue weighted by molar-refractivity contribution is 6.01. The first-order valence-corrected chi connectivity index (χ1v) is 15.7. The van der Waals surface area contributed by atoms with Crippen LogP contribution in [0.1, 0.15) is 84.7 Å². The van der Waals surface area contributed by atoms with E-state index in [2.05, 4.69) is 10.3 Å². The molecule has 0 spiro atoms. The molecule has 45 heavy (non-hydrogen) atoms. The number of allylic oxidation sites excluding steroid dienone is 4. The van der Waals surface area contributed by atoms with Crippen LogP contribution in [0, 0.1) is 28.6 Å². The molecule has 3 fully saturated rings. The highest BCUT2D eigenvalue weighted by atomic mass is 19.1. The number of nitrogens with zero attached hydrogens (tertiary/aromatic N) is 1. The third-order valence-electron chi connectivity index (χ3n) is 11.1. The monoisotopic (exact) mass is 632 g/mol. The number of β-amino-alcohol motifs (C(OH)–C–C–N with tert-alkyl or cyclic N) is 1. The Morgan fingerprint density at radius 1 is 1.20 bits per heavy atom. The van der Waals surface area contributed by atoms with Crippen LogP contribution in [0.25, 0.3) is 0 Å². The quantitative estimate of drug-likeness (QED) is 0.246. The van der Waals surface area contributed by atoms with Gasteiger partial charge in [0.15, 0.2) is 17.2 Å². The first kappa shape index (κ1) is 35.3. The maximum absolute atomic E-state index is 16.9. The Morgan fingerprint density at radius 2 is 1.87 bits per heavy atom. The summed E-state index contributed by atoms with van der Waals surface area (Å²) in [5.41, 5.74) is -4.64. The van der Waals surface area contributed by atoms with Crippen molar-refractivity contribution in [3.05, 3.63) is 47.3 Å². The molecule has 1 unspecified atom stereocenters. The van der Waals surface area contributed by atoms with Crippen molar-refractivity contribution >= 4 is 11.6 Å². The molecule has 250 valence electrons. The fraction of sp³-hybridized carbons (Fsp3) is 0.676. The summed E-state index contributed by atoms with van der Waals surface area (Å²) in [6.45, 7) is 10.5. The van der Waals surface area contributed by atoms with E-state index < -0.39 is 58.5 Å². The molecule has 0 amide bonds. The number of hydrogen-bond acceptors (Lipinski definition) is 10. The van der Waals surface area contributed by atoms with Crippen molar-refractivity contribution < 1.29 is 44.6 Å². The lowest BCUT2D eigenvalue weighted by Crippen LogP contribution is -2.69. The fourth-order valence-electron chi connectivity index (χ4n) is 8.58. The van der Waals surface area contributed by atoms with Crippen LogP contribution in [0.2, 0.25) is 0 Å². The van der Waals surface area contributed by atoms with Crippen LogP contribution in [0.15, 0.2) is 35.9 Å². The normalized spacial score (nSPS) is 37.9. The minimum Gasteiger partial charge on any atom is -0.506 e. The summed E-state index contributed by atoms with van der Waals surface area (Å²) in [7, 11) is 0. The zero-order chi connectivity index (χ0) is 33.8. The Morgan fingerprint density at radius 3 is 2.47 bits per heavy atom. The van der Waals surface area contributed by atoms with E-state index in [1.54, 1.807) is 32.9 Å². The third-order valence-corrected chi connectivity index (χ3v) is 11.1. The number of rotatable bonds is 6. The van der Waals surface area contributed by atoms with Gasteiger partial charge in [0.2, 0.25) is 0 Å². The molecule has 7 N–H and O–H groups in total. The molecule has 0 aliphatic heterocycles. The van der Waals surface area contributed by atoms with Crippen molar-refractivity contribution in [3.63, 3.8) is 0 Å². The maximum Gasteiger partial charge on any atom is 0.190 e. The Balaban J connectivity index is 0.000000233. The van der Waals surface area contributed by atoms with Gasteiger partial charge in [0, 0.05) is 28.8 Å². The summed E-state index contributed by atoms with van der Waals surface area (Å²) in [6, 6.07) is 2.97. The van der Waals surface area contributed by atoms with E-state index in [1.807, 2.05) is 20.8 Å². The molecule has 0 radical (unpaired) electrons. The minimum absolute atomic E-state index is 0.0627. The molecule has 9 atom stereocenters. The predicted octanol–water partition coefficient (Wildman–Crippen LogP) is 2.60. The standard InChI is InChI=1S/C22H29FO5.C12H20N2O3/c1-12-8-16-15-5-4-13-9-14(25)6-7-19(13,2)21(15,23)17(26)10-20(16,3)22(12,28)18(27)11-24;1-12(2,3)13-6-11(17)8-4-5-10(16)9(7-15)14-8/h6-7,9,12,15-17,24,26,28H,4-5,8,10-11H2,1-3H3;4-5,11,13,15-17H,6-7H2,1-3H3/t12-,15+,16+,17+,19+,20+,21+,22+;/m1./s1. The number of halogens is 1. The van der Waals surface area contributed by atoms with Crippen LogP contribution >= 0.6 is 0 Å². The number of aliphatic hydroxyl groups is 5. The summed E-state index contributed by atoms with van der Waals surface area (Å²) in [5, 5.41) is 63.3. The van der Waals surface area contributed by atoms with E-state index >= 15 is 4.39 Å². The fourth-order valence-corrected chi connectivity index (χ4v) is 8.58. The van der Waals surface area contributed by atoms with Crippen LogP contribution in [0.5, 0.6) is 5.75 Å². The van der Waals surface area contributed by atoms with Crippen molar-refractivity contribution in [1.82, 2.24) is 10.3 Å². The average Bonchev–Trinajstić information content (AvgIpc) is 3.18. The molecule has 0 bridgehead atoms. The van der Waals surface area contributed by atoms with Gasteiger partial charge in [0.05, 0.1) is 18.4 Å². The zero-order valence-corrected chi connectivity index (χ0v) is 27.0. The number of aromatic hydroxyl groups is 1. The van der Waals surface area contributed by atoms with E-state index in [9.17, 15) is 35.1 Å². The van der Waals surface area contributed by atoms with E-state index in [-0.39, 0.29) is 41.7 Å². The summed E-state index contributed by atoms with van der Waals surface area (Å²) in [5.74, 6) is -2.18. The predicted molar refractivity (Wildman–Crippen MR) is 164 cm³/mol. The second-order valence-electron chi connectivity index (χ2n) is 14.8. The Labute approximate surface area is 264 Å². The molecule has 0 saturated heterocycles. The second kappa shape index (κ2) is 12.2. The average molecular weight is 633 g/mol. The number of aromatic nitrogens is 1. The first-order chi connectivity index (χ1) is 20.8. The highest BCUT2D eigenvalue weighted by Crippen LogP contribution is 2.70. The molecule has 10 nitrogen and oxygen atoms in total. The van der Waals surface area contributed by atoms with Crippen molar-refractivity contribution in [2.75, 3.05) is 13.2 Å². The van der Waals surface area contributed by atoms with E-state index in [0.717, 1.165) is 0 Å². The lowest BCUT2D eigenvalue weighted by molar-refractivity contribution is -0.219. The molecule has 0 aromatic carbocycles. The van der Waals surface area contributed by atoms with Crippen LogP contribution in [-0.2, 0) is 16.2 Å². The Bertz CT molecular complexity index is 1380. The molecule has 1 heterocycles. The SMILES string of the molecule is CC(C)(C)NCC(O)c1ccc(O)c(CO)n1.C[C@@H]1C[C@H]2[C@@H]3CCC4=CC(=O)C=C[C@]4(C)[C@@]3(F)[C@@H](O)C[C@]2(C)[C@@]1(O)C(=O)CO. The maximum atomic E-state index is 16.9.